The second kappa shape index (κ2) is 5.57. The Bertz CT molecular complexity index is 542. The van der Waals surface area contributed by atoms with E-state index in [9.17, 15) is 0 Å². The average Bonchev–Trinajstić information content (AvgIpc) is 2.51. The normalized spacial score (nSPS) is 14.0. The van der Waals surface area contributed by atoms with Gasteiger partial charge in [0.1, 0.15) is 0 Å². The van der Waals surface area contributed by atoms with Gasteiger partial charge in [-0.3, -0.25) is 0 Å². The highest BCUT2D eigenvalue weighted by molar-refractivity contribution is 5.70. The number of benzene rings is 2. The van der Waals surface area contributed by atoms with Gasteiger partial charge in [-0.2, -0.15) is 0 Å². The summed E-state index contributed by atoms with van der Waals surface area (Å²) in [4.78, 5) is 2.30. The maximum absolute atomic E-state index is 2.31. The number of allylic oxidation sites excluding steroid dienone is 3. The molecule has 3 rings (SSSR count). The molecular weight excluding hydrogens is 230 g/mol. The third-order valence-electron chi connectivity index (χ3n) is 3.26. The van der Waals surface area contributed by atoms with Gasteiger partial charge < -0.3 is 4.90 Å². The van der Waals surface area contributed by atoms with Crippen molar-refractivity contribution in [2.75, 3.05) is 4.90 Å². The van der Waals surface area contributed by atoms with Crippen molar-refractivity contribution in [1.82, 2.24) is 0 Å². The molecule has 0 amide bonds. The molecule has 0 saturated heterocycles. The number of para-hydroxylation sites is 2. The van der Waals surface area contributed by atoms with Crippen LogP contribution in [0.5, 0.6) is 0 Å². The Morgan fingerprint density at radius 1 is 0.684 bits per heavy atom. The van der Waals surface area contributed by atoms with E-state index in [-0.39, 0.29) is 0 Å². The molecule has 0 atom stereocenters. The van der Waals surface area contributed by atoms with E-state index in [0.29, 0.717) is 0 Å². The van der Waals surface area contributed by atoms with Crippen LogP contribution < -0.4 is 4.90 Å². The standard InChI is InChI=1S/C18H17N/c1-4-10-16(11-5-1)19(17-12-6-2-7-13-17)18-14-8-3-9-15-18/h1-2,4-8,10-15H,3,9H2. The van der Waals surface area contributed by atoms with Gasteiger partial charge in [0.05, 0.1) is 0 Å². The molecule has 94 valence electrons. The largest absolute Gasteiger partial charge is 0.311 e. The van der Waals surface area contributed by atoms with Crippen LogP contribution >= 0.6 is 0 Å². The minimum Gasteiger partial charge on any atom is -0.311 e. The van der Waals surface area contributed by atoms with Crippen molar-refractivity contribution >= 4 is 11.4 Å². The molecule has 1 heteroatoms. The molecule has 19 heavy (non-hydrogen) atoms. The van der Waals surface area contributed by atoms with Gasteiger partial charge >= 0.3 is 0 Å². The summed E-state index contributed by atoms with van der Waals surface area (Å²) in [5.41, 5.74) is 3.65. The maximum Gasteiger partial charge on any atom is 0.0461 e. The molecule has 0 unspecified atom stereocenters. The monoisotopic (exact) mass is 247 g/mol. The zero-order chi connectivity index (χ0) is 12.9. The summed E-state index contributed by atoms with van der Waals surface area (Å²) in [7, 11) is 0. The molecular formula is C18H17N. The van der Waals surface area contributed by atoms with Gasteiger partial charge in [-0.25, -0.2) is 0 Å². The number of hydrogen-bond acceptors (Lipinski definition) is 1. The molecule has 0 N–H and O–H groups in total. The summed E-state index contributed by atoms with van der Waals surface area (Å²) in [6.07, 6.45) is 9.01. The second-order valence-electron chi connectivity index (χ2n) is 4.62. The van der Waals surface area contributed by atoms with E-state index in [1.54, 1.807) is 0 Å². The van der Waals surface area contributed by atoms with Crippen LogP contribution in [0.25, 0.3) is 0 Å². The molecule has 0 radical (unpaired) electrons. The predicted octanol–water partition coefficient (Wildman–Crippen LogP) is 5.06. The summed E-state index contributed by atoms with van der Waals surface area (Å²) >= 11 is 0. The Morgan fingerprint density at radius 3 is 1.74 bits per heavy atom. The minimum atomic E-state index is 1.11. The summed E-state index contributed by atoms with van der Waals surface area (Å²) < 4.78 is 0. The SMILES string of the molecule is C1=CC(N(c2ccccc2)c2ccccc2)=CCC1. The third-order valence-corrected chi connectivity index (χ3v) is 3.26. The van der Waals surface area contributed by atoms with E-state index in [4.69, 9.17) is 0 Å². The molecule has 1 aliphatic rings. The van der Waals surface area contributed by atoms with Crippen LogP contribution in [0.2, 0.25) is 0 Å². The van der Waals surface area contributed by atoms with Crippen molar-refractivity contribution in [3.05, 3.63) is 84.6 Å². The molecule has 0 spiro atoms. The molecule has 2 aromatic rings. The van der Waals surface area contributed by atoms with Crippen LogP contribution in [0, 0.1) is 0 Å². The summed E-state index contributed by atoms with van der Waals surface area (Å²) in [5, 5.41) is 0. The number of nitrogens with zero attached hydrogens (tertiary/aromatic N) is 1. The van der Waals surface area contributed by atoms with Crippen molar-refractivity contribution in [1.29, 1.82) is 0 Å². The van der Waals surface area contributed by atoms with E-state index in [1.807, 2.05) is 0 Å². The van der Waals surface area contributed by atoms with Crippen LogP contribution in [0.15, 0.2) is 84.6 Å². The first kappa shape index (κ1) is 11.8. The average molecular weight is 247 g/mol. The lowest BCUT2D eigenvalue weighted by atomic mass is 10.1. The lowest BCUT2D eigenvalue weighted by Crippen LogP contribution is -2.15. The van der Waals surface area contributed by atoms with Crippen LogP contribution in [-0.4, -0.2) is 0 Å². The molecule has 1 aliphatic carbocycles. The smallest absolute Gasteiger partial charge is 0.0461 e. The van der Waals surface area contributed by atoms with E-state index in [2.05, 4.69) is 83.8 Å². The van der Waals surface area contributed by atoms with Crippen molar-refractivity contribution in [3.63, 3.8) is 0 Å². The fourth-order valence-corrected chi connectivity index (χ4v) is 2.37. The second-order valence-corrected chi connectivity index (χ2v) is 4.62. The molecule has 0 bridgehead atoms. The van der Waals surface area contributed by atoms with Crippen molar-refractivity contribution in [3.8, 4) is 0 Å². The quantitative estimate of drug-likeness (QED) is 0.733. The topological polar surface area (TPSA) is 3.24 Å². The van der Waals surface area contributed by atoms with Gasteiger partial charge in [0, 0.05) is 17.1 Å². The number of anilines is 2. The third kappa shape index (κ3) is 2.60. The molecule has 0 heterocycles. The van der Waals surface area contributed by atoms with Gasteiger partial charge in [-0.15, -0.1) is 0 Å². The highest BCUT2D eigenvalue weighted by Crippen LogP contribution is 2.31. The van der Waals surface area contributed by atoms with Crippen molar-refractivity contribution in [2.24, 2.45) is 0 Å². The van der Waals surface area contributed by atoms with Crippen molar-refractivity contribution < 1.29 is 0 Å². The van der Waals surface area contributed by atoms with Gasteiger partial charge in [0.2, 0.25) is 0 Å². The summed E-state index contributed by atoms with van der Waals surface area (Å²) in [6.45, 7) is 0. The van der Waals surface area contributed by atoms with E-state index in [1.165, 1.54) is 17.1 Å². The first-order valence-electron chi connectivity index (χ1n) is 6.72. The highest BCUT2D eigenvalue weighted by atomic mass is 15.1. The maximum atomic E-state index is 2.31. The Labute approximate surface area is 114 Å². The zero-order valence-corrected chi connectivity index (χ0v) is 10.9. The van der Waals surface area contributed by atoms with Crippen LogP contribution in [0.1, 0.15) is 12.8 Å². The lowest BCUT2D eigenvalue weighted by molar-refractivity contribution is 0.997. The number of hydrogen-bond donors (Lipinski definition) is 0. The Kier molecular flexibility index (Phi) is 3.46. The van der Waals surface area contributed by atoms with Crippen molar-refractivity contribution in [2.45, 2.75) is 12.8 Å². The molecule has 0 aliphatic heterocycles. The molecule has 0 fully saturated rings. The Morgan fingerprint density at radius 2 is 1.26 bits per heavy atom. The molecule has 1 nitrogen and oxygen atoms in total. The predicted molar refractivity (Wildman–Crippen MR) is 81.5 cm³/mol. The van der Waals surface area contributed by atoms with Gasteiger partial charge in [-0.05, 0) is 43.2 Å². The van der Waals surface area contributed by atoms with Gasteiger partial charge in [0.25, 0.3) is 0 Å². The molecule has 0 aromatic heterocycles. The molecule has 0 saturated carbocycles. The Balaban J connectivity index is 2.06. The van der Waals surface area contributed by atoms with Crippen LogP contribution in [0.4, 0.5) is 11.4 Å². The first-order chi connectivity index (χ1) is 9.45. The number of rotatable bonds is 3. The zero-order valence-electron chi connectivity index (χ0n) is 10.9. The minimum absolute atomic E-state index is 1.11. The van der Waals surface area contributed by atoms with E-state index >= 15 is 0 Å². The fourth-order valence-electron chi connectivity index (χ4n) is 2.37. The van der Waals surface area contributed by atoms with Crippen LogP contribution in [-0.2, 0) is 0 Å². The summed E-state index contributed by atoms with van der Waals surface area (Å²) in [5.74, 6) is 0. The summed E-state index contributed by atoms with van der Waals surface area (Å²) in [6, 6.07) is 21.0. The fraction of sp³-hybridized carbons (Fsp3) is 0.111. The van der Waals surface area contributed by atoms with E-state index < -0.39 is 0 Å². The van der Waals surface area contributed by atoms with Gasteiger partial charge in [-0.1, -0.05) is 48.6 Å². The van der Waals surface area contributed by atoms with Crippen LogP contribution in [0.3, 0.4) is 0 Å². The van der Waals surface area contributed by atoms with E-state index in [0.717, 1.165) is 12.8 Å². The Hall–Kier alpha value is -2.28. The molecule has 2 aromatic carbocycles. The first-order valence-corrected chi connectivity index (χ1v) is 6.72. The lowest BCUT2D eigenvalue weighted by Gasteiger charge is -2.27. The highest BCUT2D eigenvalue weighted by Gasteiger charge is 2.12. The van der Waals surface area contributed by atoms with Gasteiger partial charge in [0.15, 0.2) is 0 Å².